The molecule has 0 saturated carbocycles. The average molecular weight is 276 g/mol. The second-order valence-corrected chi connectivity index (χ2v) is 5.23. The lowest BCUT2D eigenvalue weighted by Crippen LogP contribution is -2.01. The third-order valence-corrected chi connectivity index (χ3v) is 4.03. The van der Waals surface area contributed by atoms with Crippen molar-refractivity contribution in [2.75, 3.05) is 12.4 Å². The second-order valence-electron chi connectivity index (χ2n) is 5.23. The smallest absolute Gasteiger partial charge is 0.0804 e. The SMILES string of the molecule is CCc1nc2c(-c3ccccc3)cccc2c(NC)c1C. The van der Waals surface area contributed by atoms with E-state index in [0.717, 1.165) is 17.6 Å². The van der Waals surface area contributed by atoms with Gasteiger partial charge in [0, 0.05) is 29.4 Å². The molecule has 2 aromatic carbocycles. The Labute approximate surface area is 125 Å². The molecule has 0 spiro atoms. The largest absolute Gasteiger partial charge is 0.387 e. The molecule has 1 aromatic heterocycles. The quantitative estimate of drug-likeness (QED) is 0.742. The van der Waals surface area contributed by atoms with E-state index in [9.17, 15) is 0 Å². The van der Waals surface area contributed by atoms with Crippen molar-refractivity contribution in [2.24, 2.45) is 0 Å². The number of aryl methyl sites for hydroxylation is 1. The van der Waals surface area contributed by atoms with Crippen molar-refractivity contribution in [1.82, 2.24) is 4.98 Å². The highest BCUT2D eigenvalue weighted by Gasteiger charge is 2.13. The number of nitrogens with one attached hydrogen (secondary N) is 1. The fraction of sp³-hybridized carbons (Fsp3) is 0.211. The molecule has 21 heavy (non-hydrogen) atoms. The summed E-state index contributed by atoms with van der Waals surface area (Å²) in [6.07, 6.45) is 0.944. The molecular weight excluding hydrogens is 256 g/mol. The Hall–Kier alpha value is -2.35. The van der Waals surface area contributed by atoms with Gasteiger partial charge in [-0.15, -0.1) is 0 Å². The third kappa shape index (κ3) is 2.27. The predicted molar refractivity (Wildman–Crippen MR) is 90.8 cm³/mol. The van der Waals surface area contributed by atoms with Gasteiger partial charge in [-0.3, -0.25) is 4.98 Å². The maximum Gasteiger partial charge on any atom is 0.0804 e. The zero-order chi connectivity index (χ0) is 14.8. The number of fused-ring (bicyclic) bond motifs is 1. The highest BCUT2D eigenvalue weighted by molar-refractivity contribution is 6.01. The first kappa shape index (κ1) is 13.6. The molecule has 1 N–H and O–H groups in total. The number of aromatic nitrogens is 1. The van der Waals surface area contributed by atoms with Gasteiger partial charge in [0.2, 0.25) is 0 Å². The van der Waals surface area contributed by atoms with Crippen LogP contribution in [0.3, 0.4) is 0 Å². The van der Waals surface area contributed by atoms with Crippen LogP contribution in [0.4, 0.5) is 5.69 Å². The molecule has 0 amide bonds. The van der Waals surface area contributed by atoms with Crippen LogP contribution in [0.1, 0.15) is 18.2 Å². The molecular formula is C19H20N2. The van der Waals surface area contributed by atoms with Crippen LogP contribution >= 0.6 is 0 Å². The van der Waals surface area contributed by atoms with Gasteiger partial charge >= 0.3 is 0 Å². The van der Waals surface area contributed by atoms with Crippen LogP contribution in [-0.2, 0) is 6.42 Å². The molecule has 2 nitrogen and oxygen atoms in total. The molecule has 0 saturated heterocycles. The Balaban J connectivity index is 2.38. The number of anilines is 1. The molecule has 3 aromatic rings. The Morgan fingerprint density at radius 1 is 1.00 bits per heavy atom. The van der Waals surface area contributed by atoms with Crippen molar-refractivity contribution in [3.8, 4) is 11.1 Å². The van der Waals surface area contributed by atoms with E-state index in [-0.39, 0.29) is 0 Å². The van der Waals surface area contributed by atoms with Gasteiger partial charge in [0.05, 0.1) is 5.52 Å². The highest BCUT2D eigenvalue weighted by atomic mass is 14.8. The highest BCUT2D eigenvalue weighted by Crippen LogP contribution is 2.34. The molecule has 0 aliphatic carbocycles. The van der Waals surface area contributed by atoms with Crippen molar-refractivity contribution in [3.63, 3.8) is 0 Å². The summed E-state index contributed by atoms with van der Waals surface area (Å²) in [7, 11) is 1.98. The van der Waals surface area contributed by atoms with Crippen molar-refractivity contribution in [3.05, 3.63) is 59.8 Å². The van der Waals surface area contributed by atoms with Crippen LogP contribution in [0, 0.1) is 6.92 Å². The topological polar surface area (TPSA) is 24.9 Å². The average Bonchev–Trinajstić information content (AvgIpc) is 2.54. The first-order chi connectivity index (χ1) is 10.3. The summed E-state index contributed by atoms with van der Waals surface area (Å²) in [6, 6.07) is 16.9. The van der Waals surface area contributed by atoms with Crippen LogP contribution in [0.15, 0.2) is 48.5 Å². The van der Waals surface area contributed by atoms with Crippen LogP contribution < -0.4 is 5.32 Å². The molecule has 0 aliphatic heterocycles. The lowest BCUT2D eigenvalue weighted by Gasteiger charge is -2.15. The lowest BCUT2D eigenvalue weighted by atomic mass is 9.98. The molecule has 1 heterocycles. The van der Waals surface area contributed by atoms with Crippen molar-refractivity contribution >= 4 is 16.6 Å². The van der Waals surface area contributed by atoms with Crippen LogP contribution in [0.25, 0.3) is 22.0 Å². The van der Waals surface area contributed by atoms with Gasteiger partial charge in [-0.25, -0.2) is 0 Å². The third-order valence-electron chi connectivity index (χ3n) is 4.03. The van der Waals surface area contributed by atoms with Crippen LogP contribution in [-0.4, -0.2) is 12.0 Å². The molecule has 0 unspecified atom stereocenters. The first-order valence-electron chi connectivity index (χ1n) is 7.41. The molecule has 2 heteroatoms. The Morgan fingerprint density at radius 2 is 1.76 bits per heavy atom. The normalized spacial score (nSPS) is 10.8. The van der Waals surface area contributed by atoms with Gasteiger partial charge in [-0.05, 0) is 24.5 Å². The lowest BCUT2D eigenvalue weighted by molar-refractivity contribution is 1.03. The second kappa shape index (κ2) is 5.57. The standard InChI is InChI=1S/C19H20N2/c1-4-17-13(2)18(20-3)16-12-8-11-15(19(16)21-17)14-9-6-5-7-10-14/h5-12H,4H2,1-3H3,(H,20,21). The van der Waals surface area contributed by atoms with Crippen molar-refractivity contribution in [2.45, 2.75) is 20.3 Å². The van der Waals surface area contributed by atoms with E-state index in [2.05, 4.69) is 61.6 Å². The number of hydrogen-bond acceptors (Lipinski definition) is 2. The number of pyridine rings is 1. The molecule has 0 atom stereocenters. The minimum Gasteiger partial charge on any atom is -0.387 e. The first-order valence-corrected chi connectivity index (χ1v) is 7.41. The summed E-state index contributed by atoms with van der Waals surface area (Å²) < 4.78 is 0. The summed E-state index contributed by atoms with van der Waals surface area (Å²) in [6.45, 7) is 4.30. The maximum absolute atomic E-state index is 4.94. The van der Waals surface area contributed by atoms with E-state index >= 15 is 0 Å². The van der Waals surface area contributed by atoms with Gasteiger partial charge in [-0.1, -0.05) is 55.5 Å². The summed E-state index contributed by atoms with van der Waals surface area (Å²) in [4.78, 5) is 4.94. The number of nitrogens with zero attached hydrogens (tertiary/aromatic N) is 1. The van der Waals surface area contributed by atoms with Crippen molar-refractivity contribution in [1.29, 1.82) is 0 Å². The van der Waals surface area contributed by atoms with Gasteiger partial charge < -0.3 is 5.32 Å². The number of rotatable bonds is 3. The predicted octanol–water partition coefficient (Wildman–Crippen LogP) is 4.81. The molecule has 0 aliphatic rings. The van der Waals surface area contributed by atoms with E-state index in [0.29, 0.717) is 0 Å². The molecule has 0 bridgehead atoms. The fourth-order valence-electron chi connectivity index (χ4n) is 2.95. The molecule has 0 fully saturated rings. The summed E-state index contributed by atoms with van der Waals surface area (Å²) >= 11 is 0. The van der Waals surface area contributed by atoms with E-state index < -0.39 is 0 Å². The molecule has 3 rings (SSSR count). The molecule has 0 radical (unpaired) electrons. The van der Waals surface area contributed by atoms with E-state index in [1.165, 1.54) is 27.8 Å². The minimum atomic E-state index is 0.944. The van der Waals surface area contributed by atoms with Gasteiger partial charge in [0.15, 0.2) is 0 Å². The van der Waals surface area contributed by atoms with Gasteiger partial charge in [0.1, 0.15) is 0 Å². The monoisotopic (exact) mass is 276 g/mol. The zero-order valence-corrected chi connectivity index (χ0v) is 12.8. The number of hydrogen-bond donors (Lipinski definition) is 1. The van der Waals surface area contributed by atoms with E-state index in [1.54, 1.807) is 0 Å². The summed E-state index contributed by atoms with van der Waals surface area (Å²) in [5, 5.41) is 4.54. The zero-order valence-electron chi connectivity index (χ0n) is 12.8. The number of para-hydroxylation sites is 1. The van der Waals surface area contributed by atoms with Crippen molar-refractivity contribution < 1.29 is 0 Å². The maximum atomic E-state index is 4.94. The minimum absolute atomic E-state index is 0.944. The summed E-state index contributed by atoms with van der Waals surface area (Å²) in [5.74, 6) is 0. The number of benzene rings is 2. The Morgan fingerprint density at radius 3 is 2.43 bits per heavy atom. The van der Waals surface area contributed by atoms with Crippen LogP contribution in [0.2, 0.25) is 0 Å². The Bertz CT molecular complexity index is 776. The van der Waals surface area contributed by atoms with Gasteiger partial charge in [-0.2, -0.15) is 0 Å². The molecule has 106 valence electrons. The Kier molecular flexibility index (Phi) is 3.61. The van der Waals surface area contributed by atoms with E-state index in [4.69, 9.17) is 4.98 Å². The fourth-order valence-corrected chi connectivity index (χ4v) is 2.95. The van der Waals surface area contributed by atoms with Crippen LogP contribution in [0.5, 0.6) is 0 Å². The van der Waals surface area contributed by atoms with Gasteiger partial charge in [0.25, 0.3) is 0 Å². The summed E-state index contributed by atoms with van der Waals surface area (Å²) in [5.41, 5.74) is 7.08. The van der Waals surface area contributed by atoms with E-state index in [1.807, 2.05) is 13.1 Å².